The highest BCUT2D eigenvalue weighted by atomic mass is 16.6. The molecule has 1 aromatic heterocycles. The standard InChI is InChI=1S/C38H46N10O5/c1-40-30-10-8-26(18-25(30)20-39)44-27-9-11-31-33(19-27)46-34(45-31)22-47-15-12-24(21-47)17-35(50)43-14-13-42-32-7-3-6-29-36(32)38(52)48(37(29)51)28(23-49)5-4-16-53-41-2/h3,6-11,18-20,23-24,28,39-42,44H,4-5,12-17,21-22H2,1-2H3,(H,43,50)(H,45,46). The molecule has 7 N–H and O–H groups in total. The summed E-state index contributed by atoms with van der Waals surface area (Å²) in [4.78, 5) is 67.7. The number of imidazole rings is 1. The van der Waals surface area contributed by atoms with Crippen LogP contribution in [0.5, 0.6) is 0 Å². The number of hydroxylamine groups is 1. The van der Waals surface area contributed by atoms with Crippen molar-refractivity contribution in [2.75, 3.05) is 62.8 Å². The zero-order valence-corrected chi connectivity index (χ0v) is 30.0. The van der Waals surface area contributed by atoms with Crippen molar-refractivity contribution in [3.05, 3.63) is 77.1 Å². The number of likely N-dealkylation sites (tertiary alicyclic amines) is 1. The van der Waals surface area contributed by atoms with Gasteiger partial charge in [0.25, 0.3) is 11.8 Å². The molecule has 278 valence electrons. The molecule has 4 aromatic rings. The number of aldehydes is 1. The van der Waals surface area contributed by atoms with Crippen LogP contribution in [0.1, 0.15) is 57.8 Å². The maximum atomic E-state index is 13.3. The number of nitrogens with zero attached hydrogens (tertiary/aromatic N) is 3. The number of amides is 3. The first-order valence-electron chi connectivity index (χ1n) is 17.9. The Morgan fingerprint density at radius 1 is 1.08 bits per heavy atom. The molecule has 0 spiro atoms. The van der Waals surface area contributed by atoms with E-state index in [1.165, 1.54) is 6.21 Å². The Morgan fingerprint density at radius 3 is 2.70 bits per heavy atom. The van der Waals surface area contributed by atoms with Crippen LogP contribution in [-0.2, 0) is 21.0 Å². The summed E-state index contributed by atoms with van der Waals surface area (Å²) in [6, 6.07) is 15.9. The largest absolute Gasteiger partial charge is 0.388 e. The van der Waals surface area contributed by atoms with Crippen molar-refractivity contribution in [2.45, 2.75) is 38.3 Å². The number of carbonyl (C=O) groups excluding carboxylic acids is 4. The van der Waals surface area contributed by atoms with E-state index in [4.69, 9.17) is 15.2 Å². The van der Waals surface area contributed by atoms with Crippen LogP contribution < -0.4 is 26.7 Å². The van der Waals surface area contributed by atoms with Crippen molar-refractivity contribution >= 4 is 64.0 Å². The molecule has 0 radical (unpaired) electrons. The van der Waals surface area contributed by atoms with E-state index < -0.39 is 17.9 Å². The van der Waals surface area contributed by atoms with Gasteiger partial charge in [0.05, 0.1) is 41.4 Å². The molecule has 3 amide bonds. The molecule has 2 aliphatic rings. The molecule has 0 aliphatic carbocycles. The third-order valence-corrected chi connectivity index (χ3v) is 9.60. The maximum Gasteiger partial charge on any atom is 0.264 e. The second-order valence-electron chi connectivity index (χ2n) is 13.2. The number of nitrogens with one attached hydrogen (secondary N) is 7. The average molecular weight is 723 g/mol. The molecule has 2 atom stereocenters. The van der Waals surface area contributed by atoms with E-state index in [2.05, 4.69) is 36.6 Å². The highest BCUT2D eigenvalue weighted by Crippen LogP contribution is 2.31. The van der Waals surface area contributed by atoms with Gasteiger partial charge in [-0.3, -0.25) is 24.2 Å². The molecule has 1 saturated heterocycles. The number of fused-ring (bicyclic) bond motifs is 2. The Hall–Kier alpha value is -5.64. The molecular weight excluding hydrogens is 676 g/mol. The van der Waals surface area contributed by atoms with Gasteiger partial charge in [0, 0.05) is 74.7 Å². The van der Waals surface area contributed by atoms with Gasteiger partial charge in [-0.05, 0) is 80.3 Å². The fourth-order valence-corrected chi connectivity index (χ4v) is 7.01. The van der Waals surface area contributed by atoms with Gasteiger partial charge < -0.3 is 41.3 Å². The number of rotatable bonds is 19. The quantitative estimate of drug-likeness (QED) is 0.0244. The van der Waals surface area contributed by atoms with Gasteiger partial charge in [-0.15, -0.1) is 0 Å². The molecule has 15 heteroatoms. The number of hydrogen-bond acceptors (Lipinski definition) is 12. The lowest BCUT2D eigenvalue weighted by molar-refractivity contribution is -0.121. The van der Waals surface area contributed by atoms with Crippen LogP contribution in [0, 0.1) is 11.3 Å². The Bertz CT molecular complexity index is 1980. The summed E-state index contributed by atoms with van der Waals surface area (Å²) >= 11 is 0. The monoisotopic (exact) mass is 722 g/mol. The van der Waals surface area contributed by atoms with Crippen LogP contribution in [0.2, 0.25) is 0 Å². The Kier molecular flexibility index (Phi) is 12.1. The predicted octanol–water partition coefficient (Wildman–Crippen LogP) is 3.88. The Morgan fingerprint density at radius 2 is 1.91 bits per heavy atom. The first-order valence-corrected chi connectivity index (χ1v) is 17.9. The number of carbonyl (C=O) groups is 4. The maximum absolute atomic E-state index is 13.3. The van der Waals surface area contributed by atoms with Gasteiger partial charge in [-0.25, -0.2) is 10.5 Å². The summed E-state index contributed by atoms with van der Waals surface area (Å²) in [5, 5.41) is 20.3. The summed E-state index contributed by atoms with van der Waals surface area (Å²) in [6.07, 6.45) is 4.07. The first-order chi connectivity index (χ1) is 25.8. The second kappa shape index (κ2) is 17.3. The van der Waals surface area contributed by atoms with Gasteiger partial charge in [-0.2, -0.15) is 0 Å². The molecule has 2 aliphatic heterocycles. The SMILES string of the molecule is CNOCCCC(C=O)N1C(=O)c2cccc(NCCNC(=O)CC3CCN(Cc4nc5ccc(Nc6ccc(NC)c(C=N)c6)cc5[nH]4)C3)c2C1=O. The van der Waals surface area contributed by atoms with Crippen LogP contribution in [0.4, 0.5) is 22.7 Å². The van der Waals surface area contributed by atoms with E-state index in [0.717, 1.165) is 63.9 Å². The van der Waals surface area contributed by atoms with Crippen molar-refractivity contribution in [3.8, 4) is 0 Å². The van der Waals surface area contributed by atoms with Crippen LogP contribution in [0.15, 0.2) is 54.6 Å². The normalized spacial score (nSPS) is 16.1. The molecular formula is C38H46N10O5. The summed E-state index contributed by atoms with van der Waals surface area (Å²) in [5.41, 5.74) is 8.84. The summed E-state index contributed by atoms with van der Waals surface area (Å²) in [7, 11) is 3.47. The van der Waals surface area contributed by atoms with Crippen molar-refractivity contribution < 1.29 is 24.0 Å². The highest BCUT2D eigenvalue weighted by Gasteiger charge is 2.41. The molecule has 0 saturated carbocycles. The summed E-state index contributed by atoms with van der Waals surface area (Å²) in [6.45, 7) is 3.36. The van der Waals surface area contributed by atoms with E-state index in [-0.39, 0.29) is 23.0 Å². The number of anilines is 4. The molecule has 15 nitrogen and oxygen atoms in total. The fraction of sp³-hybridized carbons (Fsp3) is 0.368. The first kappa shape index (κ1) is 37.1. The molecule has 0 bridgehead atoms. The van der Waals surface area contributed by atoms with Gasteiger partial charge in [0.2, 0.25) is 5.91 Å². The third kappa shape index (κ3) is 8.71. The summed E-state index contributed by atoms with van der Waals surface area (Å²) < 4.78 is 0. The number of benzene rings is 3. The molecule has 53 heavy (non-hydrogen) atoms. The second-order valence-corrected chi connectivity index (χ2v) is 13.2. The minimum absolute atomic E-state index is 0.0393. The summed E-state index contributed by atoms with van der Waals surface area (Å²) in [5.74, 6) is 0.0554. The fourth-order valence-electron chi connectivity index (χ4n) is 7.01. The van der Waals surface area contributed by atoms with Crippen LogP contribution in [0.25, 0.3) is 11.0 Å². The van der Waals surface area contributed by atoms with Crippen molar-refractivity contribution in [1.82, 2.24) is 30.6 Å². The lowest BCUT2D eigenvalue weighted by Gasteiger charge is -2.21. The lowest BCUT2D eigenvalue weighted by Crippen LogP contribution is -2.41. The molecule has 3 aromatic carbocycles. The lowest BCUT2D eigenvalue weighted by atomic mass is 10.0. The van der Waals surface area contributed by atoms with Crippen molar-refractivity contribution in [1.29, 1.82) is 5.41 Å². The van der Waals surface area contributed by atoms with Crippen LogP contribution in [0.3, 0.4) is 0 Å². The minimum Gasteiger partial charge on any atom is -0.388 e. The molecule has 1 fully saturated rings. The van der Waals surface area contributed by atoms with E-state index in [0.29, 0.717) is 57.5 Å². The number of hydrogen-bond donors (Lipinski definition) is 7. The number of H-pyrrole nitrogens is 1. The minimum atomic E-state index is -0.882. The van der Waals surface area contributed by atoms with E-state index in [1.807, 2.05) is 43.4 Å². The topological polar surface area (TPSA) is 197 Å². The molecule has 6 rings (SSSR count). The molecule has 2 unspecified atom stereocenters. The smallest absolute Gasteiger partial charge is 0.264 e. The third-order valence-electron chi connectivity index (χ3n) is 9.60. The zero-order chi connectivity index (χ0) is 37.3. The molecule has 3 heterocycles. The van der Waals surface area contributed by atoms with Crippen molar-refractivity contribution in [2.24, 2.45) is 5.92 Å². The number of imide groups is 1. The Balaban J connectivity index is 0.946. The highest BCUT2D eigenvalue weighted by molar-refractivity contribution is 6.24. The average Bonchev–Trinajstić information content (AvgIpc) is 3.85. The van der Waals surface area contributed by atoms with Gasteiger partial charge in [0.1, 0.15) is 12.1 Å². The van der Waals surface area contributed by atoms with E-state index in [9.17, 15) is 19.2 Å². The van der Waals surface area contributed by atoms with Gasteiger partial charge in [0.15, 0.2) is 0 Å². The predicted molar refractivity (Wildman–Crippen MR) is 204 cm³/mol. The van der Waals surface area contributed by atoms with Crippen LogP contribution >= 0.6 is 0 Å². The van der Waals surface area contributed by atoms with E-state index in [1.54, 1.807) is 25.2 Å². The Labute approximate surface area is 307 Å². The van der Waals surface area contributed by atoms with Gasteiger partial charge in [-0.1, -0.05) is 6.07 Å². The van der Waals surface area contributed by atoms with Crippen molar-refractivity contribution in [3.63, 3.8) is 0 Å². The number of aromatic nitrogens is 2. The van der Waals surface area contributed by atoms with Gasteiger partial charge >= 0.3 is 0 Å². The number of aromatic amines is 1. The van der Waals surface area contributed by atoms with Crippen LogP contribution in [-0.4, -0.2) is 103 Å². The zero-order valence-electron chi connectivity index (χ0n) is 30.0. The van der Waals surface area contributed by atoms with E-state index >= 15 is 0 Å².